The SMILES string of the molecule is CC(C)CCC[C@@H](C)[C@H]1CC[C@H]2[C@H](CN)[C@@H]([C@@]3(C)Cc4cn[nH]c4C[C@@H]3CO)CC[C@]12C.CC(C)CCC[C@@H](C)[C@H]1CC[C@H]2[C@H](CNCc3ccc4c(c3)OC(F)(F)O4)[C@@H]([C@@]3(C)Cc4cn[nH]c4C[C@@H]3CO)CC[C@]12C.COc1ccc2c(c1)OC(F)(F)O2. The summed E-state index contributed by atoms with van der Waals surface area (Å²) in [5.41, 5.74) is 13.4. The van der Waals surface area contributed by atoms with E-state index in [4.69, 9.17) is 15.2 Å². The Morgan fingerprint density at radius 3 is 1.52 bits per heavy atom. The number of methoxy groups -OCH3 is 1. The molecule has 8 aliphatic rings. The average molecular weight is 1250 g/mol. The van der Waals surface area contributed by atoms with Gasteiger partial charge in [-0.1, -0.05) is 114 Å². The first-order valence-electron chi connectivity index (χ1n) is 34.3. The van der Waals surface area contributed by atoms with Crippen molar-refractivity contribution in [1.29, 1.82) is 0 Å². The van der Waals surface area contributed by atoms with Gasteiger partial charge in [-0.05, 0) is 236 Å². The predicted molar refractivity (Wildman–Crippen MR) is 339 cm³/mol. The van der Waals surface area contributed by atoms with Gasteiger partial charge in [-0.25, -0.2) is 0 Å². The number of hydrogen-bond acceptors (Lipinski definition) is 11. The zero-order valence-electron chi connectivity index (χ0n) is 55.4. The molecule has 2 aromatic carbocycles. The number of aliphatic hydroxyl groups is 2. The quantitative estimate of drug-likeness (QED) is 0.0463. The number of halogens is 4. The van der Waals surface area contributed by atoms with Gasteiger partial charge in [-0.3, -0.25) is 10.2 Å². The highest BCUT2D eigenvalue weighted by molar-refractivity contribution is 5.47. The Morgan fingerprint density at radius 2 is 1.04 bits per heavy atom. The van der Waals surface area contributed by atoms with Gasteiger partial charge in [0.15, 0.2) is 23.0 Å². The molecule has 4 heterocycles. The number of nitrogens with one attached hydrogen (secondary N) is 3. The number of nitrogens with two attached hydrogens (primary N) is 1. The van der Waals surface area contributed by atoms with E-state index in [2.05, 4.69) is 109 Å². The Morgan fingerprint density at radius 1 is 0.596 bits per heavy atom. The highest BCUT2D eigenvalue weighted by atomic mass is 19.3. The first-order chi connectivity index (χ1) is 42.3. The number of aliphatic hydroxyl groups excluding tert-OH is 2. The highest BCUT2D eigenvalue weighted by Gasteiger charge is 2.61. The fourth-order valence-electron chi connectivity index (χ4n) is 20.2. The maximum atomic E-state index is 13.6. The maximum Gasteiger partial charge on any atom is 0.586 e. The summed E-state index contributed by atoms with van der Waals surface area (Å²) in [7, 11) is 1.44. The van der Waals surface area contributed by atoms with Crippen molar-refractivity contribution in [2.75, 3.05) is 33.4 Å². The van der Waals surface area contributed by atoms with Crippen LogP contribution in [0.1, 0.15) is 187 Å². The number of aromatic nitrogens is 4. The van der Waals surface area contributed by atoms with Gasteiger partial charge in [-0.15, -0.1) is 17.6 Å². The number of fused-ring (bicyclic) bond motifs is 6. The van der Waals surface area contributed by atoms with Crippen molar-refractivity contribution in [3.8, 4) is 28.7 Å². The van der Waals surface area contributed by atoms with E-state index in [0.29, 0.717) is 58.6 Å². The van der Waals surface area contributed by atoms with Crippen LogP contribution in [0.15, 0.2) is 48.8 Å². The summed E-state index contributed by atoms with van der Waals surface area (Å²) in [5.74, 6) is 9.30. The van der Waals surface area contributed by atoms with Gasteiger partial charge in [0.2, 0.25) is 0 Å². The molecule has 6 aliphatic carbocycles. The van der Waals surface area contributed by atoms with E-state index in [1.54, 1.807) is 12.1 Å². The molecule has 7 N–H and O–H groups in total. The van der Waals surface area contributed by atoms with Crippen LogP contribution in [0, 0.1) is 105 Å². The van der Waals surface area contributed by atoms with Crippen LogP contribution in [-0.2, 0) is 32.2 Å². The lowest BCUT2D eigenvalue weighted by Gasteiger charge is -2.57. The van der Waals surface area contributed by atoms with Gasteiger partial charge in [-0.2, -0.15) is 10.2 Å². The van der Waals surface area contributed by atoms with E-state index in [1.807, 2.05) is 18.5 Å². The highest BCUT2D eigenvalue weighted by Crippen LogP contribution is 2.67. The number of nitrogens with zero attached hydrogens (tertiary/aromatic N) is 2. The van der Waals surface area contributed by atoms with Crippen molar-refractivity contribution in [3.05, 3.63) is 76.9 Å². The monoisotopic (exact) mass is 1240 g/mol. The molecule has 89 heavy (non-hydrogen) atoms. The Labute approximate surface area is 528 Å². The number of H-pyrrole nitrogens is 2. The molecule has 0 radical (unpaired) electrons. The zero-order chi connectivity index (χ0) is 63.8. The van der Waals surface area contributed by atoms with Crippen LogP contribution in [0.4, 0.5) is 17.6 Å². The minimum atomic E-state index is -3.60. The van der Waals surface area contributed by atoms with Crippen LogP contribution < -0.4 is 34.7 Å². The summed E-state index contributed by atoms with van der Waals surface area (Å²) in [6.45, 7) is 27.2. The Balaban J connectivity index is 0.000000168. The van der Waals surface area contributed by atoms with E-state index in [9.17, 15) is 27.8 Å². The molecule has 0 spiro atoms. The van der Waals surface area contributed by atoms with Crippen molar-refractivity contribution in [2.45, 2.75) is 204 Å². The second-order valence-electron chi connectivity index (χ2n) is 30.9. The van der Waals surface area contributed by atoms with Gasteiger partial charge in [0.05, 0.1) is 19.5 Å². The van der Waals surface area contributed by atoms with Gasteiger partial charge in [0.25, 0.3) is 0 Å². The molecule has 4 saturated carbocycles. The molecule has 17 heteroatoms. The molecule has 0 unspecified atom stereocenters. The van der Waals surface area contributed by atoms with E-state index in [1.165, 1.54) is 138 Å². The molecular weight excluding hydrogens is 1140 g/mol. The second-order valence-corrected chi connectivity index (χ2v) is 30.9. The molecule has 13 nitrogen and oxygen atoms in total. The second kappa shape index (κ2) is 27.2. The molecule has 16 atom stereocenters. The third-order valence-corrected chi connectivity index (χ3v) is 25.0. The first kappa shape index (κ1) is 67.3. The summed E-state index contributed by atoms with van der Waals surface area (Å²) in [6, 6.07) is 9.32. The standard InChI is InChI=1S/C36H53F2N3O3.C28H49N3O.C8H6F2O3/c1-22(2)7-6-8-23(3)28-10-11-29-27(20-39-18-24-9-12-32-33(15-24)44-36(37,38)43-32)30(13-14-34(28,29)4)35(5)17-25-19-40-41-31(25)16-26(35)21-42;1-18(2)7-6-8-19(3)23-9-10-24-22(15-29)25(11-12-27(23,24)4)28(5)14-20-16-30-31-26(20)13-21(28)17-32;1-11-5-2-3-6-7(4-5)13-8(9,10)12-6/h9,12,15,19,22-23,26-30,39,42H,6-8,10-11,13-14,16-18,20-21H2,1-5H3,(H,40,41);16,18-19,21-25,32H,6-15,17,29H2,1-5H3,(H,30,31);2-4H,1H3/t23-,26-,27+,28-,29+,30+,34-,35+;19-,21-,22+,23-,24+,25+,27-,28+;/m11./s1. The van der Waals surface area contributed by atoms with Crippen molar-refractivity contribution in [1.82, 2.24) is 25.7 Å². The molecule has 0 saturated heterocycles. The molecule has 2 aromatic heterocycles. The minimum Gasteiger partial charge on any atom is -0.497 e. The number of aromatic amines is 2. The fourth-order valence-corrected chi connectivity index (χ4v) is 20.2. The number of rotatable bonds is 20. The summed E-state index contributed by atoms with van der Waals surface area (Å²) in [4.78, 5) is 0. The van der Waals surface area contributed by atoms with Crippen LogP contribution in [0.25, 0.3) is 0 Å². The van der Waals surface area contributed by atoms with Crippen molar-refractivity contribution in [2.24, 2.45) is 110 Å². The summed E-state index contributed by atoms with van der Waals surface area (Å²) in [6.07, 6.45) is 19.0. The van der Waals surface area contributed by atoms with Crippen molar-refractivity contribution in [3.63, 3.8) is 0 Å². The van der Waals surface area contributed by atoms with Crippen LogP contribution in [0.2, 0.25) is 0 Å². The first-order valence-corrected chi connectivity index (χ1v) is 34.3. The summed E-state index contributed by atoms with van der Waals surface area (Å²) < 4.78 is 74.7. The van der Waals surface area contributed by atoms with Gasteiger partial charge < -0.3 is 44.9 Å². The third kappa shape index (κ3) is 13.9. The lowest BCUT2D eigenvalue weighted by Crippen LogP contribution is -2.54. The van der Waals surface area contributed by atoms with E-state index in [0.717, 1.165) is 85.8 Å². The smallest absolute Gasteiger partial charge is 0.497 e. The third-order valence-electron chi connectivity index (χ3n) is 25.0. The zero-order valence-corrected chi connectivity index (χ0v) is 55.4. The largest absolute Gasteiger partial charge is 0.586 e. The molecule has 12 rings (SSSR count). The molecule has 0 amide bonds. The van der Waals surface area contributed by atoms with Gasteiger partial charge in [0.1, 0.15) is 5.75 Å². The van der Waals surface area contributed by atoms with Crippen LogP contribution in [-0.4, -0.2) is 76.6 Å². The summed E-state index contributed by atoms with van der Waals surface area (Å²) >= 11 is 0. The van der Waals surface area contributed by atoms with E-state index < -0.39 is 12.6 Å². The number of ether oxygens (including phenoxy) is 5. The summed E-state index contributed by atoms with van der Waals surface area (Å²) in [5, 5.41) is 39.9. The molecule has 2 aliphatic heterocycles. The lowest BCUT2D eigenvalue weighted by atomic mass is 9.48. The maximum absolute atomic E-state index is 13.6. The normalized spacial score (nSPS) is 34.1. The molecule has 4 fully saturated rings. The minimum absolute atomic E-state index is 0.00986. The number of alkyl halides is 4. The molecule has 0 bridgehead atoms. The van der Waals surface area contributed by atoms with Crippen molar-refractivity contribution >= 4 is 0 Å². The average Bonchev–Trinajstić information content (AvgIpc) is 2.05. The number of hydrogen-bond donors (Lipinski definition) is 6. The Hall–Kier alpha value is -4.58. The van der Waals surface area contributed by atoms with Crippen LogP contribution in [0.3, 0.4) is 0 Å². The molecule has 4 aromatic rings. The van der Waals surface area contributed by atoms with Crippen molar-refractivity contribution < 1.29 is 51.5 Å². The van der Waals surface area contributed by atoms with E-state index in [-0.39, 0.29) is 53.0 Å². The Bertz CT molecular complexity index is 2980. The fraction of sp³-hybridized carbons (Fsp3) is 0.750. The Kier molecular flexibility index (Phi) is 20.5. The lowest BCUT2D eigenvalue weighted by molar-refractivity contribution is -0.287. The molecule has 496 valence electrons. The topological polar surface area (TPSA) is 182 Å². The number of benzene rings is 2. The molecular formula is C72H108F4N6O7. The van der Waals surface area contributed by atoms with E-state index >= 15 is 0 Å². The van der Waals surface area contributed by atoms with Crippen LogP contribution >= 0.6 is 0 Å². The van der Waals surface area contributed by atoms with Gasteiger partial charge in [0, 0.05) is 37.2 Å². The predicted octanol–water partition coefficient (Wildman–Crippen LogP) is 15.4. The van der Waals surface area contributed by atoms with Crippen LogP contribution in [0.5, 0.6) is 28.7 Å². The van der Waals surface area contributed by atoms with Gasteiger partial charge >= 0.3 is 12.6 Å².